The van der Waals surface area contributed by atoms with E-state index in [0.29, 0.717) is 30.8 Å². The number of hydrogen-bond acceptors (Lipinski definition) is 9. The van der Waals surface area contributed by atoms with E-state index < -0.39 is 0 Å². The second-order valence-electron chi connectivity index (χ2n) is 12.3. The number of pyridine rings is 1. The van der Waals surface area contributed by atoms with E-state index >= 15 is 0 Å². The van der Waals surface area contributed by atoms with Gasteiger partial charge in [-0.15, -0.1) is 10.2 Å². The minimum absolute atomic E-state index is 0.0656. The van der Waals surface area contributed by atoms with Crippen molar-refractivity contribution >= 4 is 17.4 Å². The van der Waals surface area contributed by atoms with Crippen molar-refractivity contribution < 1.29 is 14.3 Å². The summed E-state index contributed by atoms with van der Waals surface area (Å²) in [6.07, 6.45) is 11.1. The zero-order valence-electron chi connectivity index (χ0n) is 25.1. The molecule has 5 aromatic rings. The van der Waals surface area contributed by atoms with Gasteiger partial charge in [0.25, 0.3) is 5.91 Å². The van der Waals surface area contributed by atoms with Crippen LogP contribution in [0.2, 0.25) is 0 Å². The number of anilines is 1. The summed E-state index contributed by atoms with van der Waals surface area (Å²) < 4.78 is 12.5. The molecule has 230 valence electrons. The van der Waals surface area contributed by atoms with Crippen LogP contribution in [-0.4, -0.2) is 78.0 Å². The van der Waals surface area contributed by atoms with Gasteiger partial charge in [-0.1, -0.05) is 6.07 Å². The molecule has 3 aliphatic rings. The molecule has 2 saturated heterocycles. The first-order valence-electron chi connectivity index (χ1n) is 15.6. The first-order valence-corrected chi connectivity index (χ1v) is 15.6. The number of nitrogens with one attached hydrogen (secondary N) is 1. The lowest BCUT2D eigenvalue weighted by atomic mass is 9.85. The predicted molar refractivity (Wildman–Crippen MR) is 167 cm³/mol. The lowest BCUT2D eigenvalue weighted by Gasteiger charge is -2.39. The van der Waals surface area contributed by atoms with E-state index in [1.165, 1.54) is 6.33 Å². The van der Waals surface area contributed by atoms with Gasteiger partial charge in [0.15, 0.2) is 5.65 Å². The molecule has 12 nitrogen and oxygen atoms in total. The minimum atomic E-state index is -0.0656. The number of fused-ring (bicyclic) bond motifs is 3. The number of nitrogens with zero attached hydrogens (tertiary/aromatic N) is 7. The molecule has 6 heterocycles. The van der Waals surface area contributed by atoms with E-state index in [9.17, 15) is 4.79 Å². The summed E-state index contributed by atoms with van der Waals surface area (Å²) in [6.45, 7) is 1.05. The van der Waals surface area contributed by atoms with E-state index in [2.05, 4.69) is 26.3 Å². The quantitative estimate of drug-likeness (QED) is 0.230. The molecule has 1 saturated carbocycles. The SMILES string of the molecule is COCCOc1ccc(-c2ccc(-c3cnn4c(N)c(C5CC5)c([C@@H]5C[C@H]6CC[C@@H](C5)N6C(=O)c5nnc[nH]5)nc34)cn2)cc1. The van der Waals surface area contributed by atoms with Crippen LogP contribution in [0.1, 0.15) is 72.2 Å². The molecule has 45 heavy (non-hydrogen) atoms. The normalized spacial score (nSPS) is 21.0. The zero-order chi connectivity index (χ0) is 30.5. The molecule has 0 unspecified atom stereocenters. The number of piperidine rings is 1. The molecular formula is C33H35N9O3. The van der Waals surface area contributed by atoms with Gasteiger partial charge >= 0.3 is 0 Å². The average molecular weight is 606 g/mol. The molecule has 1 amide bonds. The maximum atomic E-state index is 13.3. The number of carbonyl (C=O) groups is 1. The van der Waals surface area contributed by atoms with Crippen LogP contribution in [-0.2, 0) is 4.74 Å². The van der Waals surface area contributed by atoms with Crippen molar-refractivity contribution in [2.24, 2.45) is 0 Å². The number of nitrogen functional groups attached to an aromatic ring is 1. The second-order valence-corrected chi connectivity index (χ2v) is 12.3. The molecule has 3 N–H and O–H groups in total. The van der Waals surface area contributed by atoms with Gasteiger partial charge in [0, 0.05) is 53.6 Å². The Morgan fingerprint density at radius 2 is 1.76 bits per heavy atom. The van der Waals surface area contributed by atoms with Crippen molar-refractivity contribution in [2.45, 2.75) is 62.4 Å². The van der Waals surface area contributed by atoms with Crippen LogP contribution in [0, 0.1) is 0 Å². The van der Waals surface area contributed by atoms with Crippen molar-refractivity contribution in [1.29, 1.82) is 0 Å². The number of rotatable bonds is 9. The molecule has 1 aliphatic carbocycles. The first-order chi connectivity index (χ1) is 22.1. The topological polar surface area (TPSA) is 149 Å². The van der Waals surface area contributed by atoms with E-state index in [1.807, 2.05) is 47.6 Å². The molecule has 3 atom stereocenters. The maximum absolute atomic E-state index is 13.3. The summed E-state index contributed by atoms with van der Waals surface area (Å²) >= 11 is 0. The number of H-pyrrole nitrogens is 1. The van der Waals surface area contributed by atoms with Gasteiger partial charge in [0.05, 0.1) is 24.2 Å². The Bertz CT molecular complexity index is 1820. The highest BCUT2D eigenvalue weighted by molar-refractivity contribution is 5.91. The third-order valence-corrected chi connectivity index (χ3v) is 9.49. The third-order valence-electron chi connectivity index (χ3n) is 9.49. The summed E-state index contributed by atoms with van der Waals surface area (Å²) in [5.41, 5.74) is 13.5. The molecule has 2 bridgehead atoms. The fraction of sp³-hybridized carbons (Fsp3) is 0.394. The summed E-state index contributed by atoms with van der Waals surface area (Å²) in [4.78, 5) is 28.3. The number of aromatic nitrogens is 7. The highest BCUT2D eigenvalue weighted by atomic mass is 16.5. The molecular weight excluding hydrogens is 570 g/mol. The Balaban J connectivity index is 1.09. The van der Waals surface area contributed by atoms with Crippen LogP contribution in [0.15, 0.2) is 55.1 Å². The molecule has 4 aromatic heterocycles. The van der Waals surface area contributed by atoms with Crippen molar-refractivity contribution in [3.63, 3.8) is 0 Å². The number of methoxy groups -OCH3 is 1. The Hall–Kier alpha value is -4.84. The summed E-state index contributed by atoms with van der Waals surface area (Å²) in [5, 5.41) is 12.5. The Labute approximate surface area is 260 Å². The number of nitrogens with two attached hydrogens (primary N) is 1. The third kappa shape index (κ3) is 4.98. The van der Waals surface area contributed by atoms with Gasteiger partial charge in [-0.05, 0) is 74.8 Å². The number of ether oxygens (including phenoxy) is 2. The highest BCUT2D eigenvalue weighted by Gasteiger charge is 2.46. The lowest BCUT2D eigenvalue weighted by Crippen LogP contribution is -2.46. The van der Waals surface area contributed by atoms with Crippen LogP contribution in [0.3, 0.4) is 0 Å². The lowest BCUT2D eigenvalue weighted by molar-refractivity contribution is 0.0557. The van der Waals surface area contributed by atoms with Crippen LogP contribution in [0.25, 0.3) is 28.0 Å². The average Bonchev–Trinajstić information content (AvgIpc) is 3.45. The van der Waals surface area contributed by atoms with E-state index in [1.54, 1.807) is 11.6 Å². The van der Waals surface area contributed by atoms with Crippen LogP contribution >= 0.6 is 0 Å². The van der Waals surface area contributed by atoms with E-state index in [-0.39, 0.29) is 23.9 Å². The number of carbonyl (C=O) groups excluding carboxylic acids is 1. The molecule has 1 aromatic carbocycles. The number of aromatic amines is 1. The van der Waals surface area contributed by atoms with Crippen LogP contribution in [0.4, 0.5) is 5.82 Å². The summed E-state index contributed by atoms with van der Waals surface area (Å²) in [6, 6.07) is 12.3. The molecule has 3 fully saturated rings. The van der Waals surface area contributed by atoms with Crippen LogP contribution < -0.4 is 10.5 Å². The Kier molecular flexibility index (Phi) is 6.93. The van der Waals surface area contributed by atoms with Crippen molar-refractivity contribution in [3.8, 4) is 28.1 Å². The van der Waals surface area contributed by atoms with Gasteiger partial charge in [0.1, 0.15) is 24.5 Å². The maximum Gasteiger partial charge on any atom is 0.292 e. The fourth-order valence-corrected chi connectivity index (χ4v) is 7.20. The molecule has 0 spiro atoms. The zero-order valence-corrected chi connectivity index (χ0v) is 25.1. The van der Waals surface area contributed by atoms with Crippen molar-refractivity contribution in [1.82, 2.24) is 39.7 Å². The summed E-state index contributed by atoms with van der Waals surface area (Å²) in [7, 11) is 1.66. The predicted octanol–water partition coefficient (Wildman–Crippen LogP) is 4.61. The molecule has 2 aliphatic heterocycles. The van der Waals surface area contributed by atoms with E-state index in [0.717, 1.165) is 83.6 Å². The number of benzene rings is 1. The van der Waals surface area contributed by atoms with Gasteiger partial charge in [0.2, 0.25) is 5.82 Å². The van der Waals surface area contributed by atoms with E-state index in [4.69, 9.17) is 25.2 Å². The van der Waals surface area contributed by atoms with Crippen molar-refractivity contribution in [3.05, 3.63) is 72.2 Å². The summed E-state index contributed by atoms with van der Waals surface area (Å²) in [5.74, 6) is 2.34. The molecule has 8 rings (SSSR count). The largest absolute Gasteiger partial charge is 0.491 e. The Morgan fingerprint density at radius 3 is 2.42 bits per heavy atom. The van der Waals surface area contributed by atoms with Gasteiger partial charge in [-0.3, -0.25) is 9.78 Å². The first kappa shape index (κ1) is 27.7. The monoisotopic (exact) mass is 605 g/mol. The van der Waals surface area contributed by atoms with Gasteiger partial charge in [-0.25, -0.2) is 4.98 Å². The highest BCUT2D eigenvalue weighted by Crippen LogP contribution is 2.50. The fourth-order valence-electron chi connectivity index (χ4n) is 7.20. The standard InChI is InChI=1S/C33H35N9O3/c1-44-12-13-45-25-9-4-19(5-10-25)27-11-6-21(16-35-27)26-17-38-42-30(34)28(20-2-3-20)29(39-32(26)42)22-14-23-7-8-24(15-22)41(23)33(43)31-36-18-37-40-31/h4-6,9-11,16-18,20,22-24H,2-3,7-8,12-15,34H2,1H3,(H,36,37,40)/t22-,23-,24+. The van der Waals surface area contributed by atoms with Gasteiger partial charge < -0.3 is 25.1 Å². The minimum Gasteiger partial charge on any atom is -0.491 e. The number of amides is 1. The smallest absolute Gasteiger partial charge is 0.292 e. The second kappa shape index (κ2) is 11.3. The van der Waals surface area contributed by atoms with Gasteiger partial charge in [-0.2, -0.15) is 9.61 Å². The van der Waals surface area contributed by atoms with Crippen LogP contribution in [0.5, 0.6) is 5.75 Å². The molecule has 12 heteroatoms. The molecule has 0 radical (unpaired) electrons. The van der Waals surface area contributed by atoms with Crippen molar-refractivity contribution in [2.75, 3.05) is 26.1 Å². The Morgan fingerprint density at radius 1 is 0.978 bits per heavy atom. The number of hydrogen-bond donors (Lipinski definition) is 2.